The molecule has 0 saturated carbocycles. The maximum atomic E-state index is 14.2. The number of aryl methyl sites for hydroxylation is 1. The summed E-state index contributed by atoms with van der Waals surface area (Å²) < 4.78 is 17.1. The molecule has 0 spiro atoms. The minimum atomic E-state index is -0.253. The standard InChI is InChI=1S/C15H19BrFN3/c1-3-9-20-10-8-19-15(20)14(18-4-2)13-11(16)6-5-7-12(13)17/h5-8,10,14,18H,3-4,9H2,1-2H3. The monoisotopic (exact) mass is 339 g/mol. The van der Waals surface area contributed by atoms with E-state index in [4.69, 9.17) is 0 Å². The van der Waals surface area contributed by atoms with Gasteiger partial charge >= 0.3 is 0 Å². The molecule has 3 nitrogen and oxygen atoms in total. The molecule has 5 heteroatoms. The smallest absolute Gasteiger partial charge is 0.130 e. The van der Waals surface area contributed by atoms with E-state index in [2.05, 4.69) is 37.7 Å². The first-order chi connectivity index (χ1) is 9.69. The fraction of sp³-hybridized carbons (Fsp3) is 0.400. The second kappa shape index (κ2) is 6.99. The van der Waals surface area contributed by atoms with E-state index < -0.39 is 0 Å². The van der Waals surface area contributed by atoms with Gasteiger partial charge in [-0.05, 0) is 25.1 Å². The molecule has 2 aromatic rings. The zero-order chi connectivity index (χ0) is 14.5. The first-order valence-electron chi connectivity index (χ1n) is 6.87. The maximum Gasteiger partial charge on any atom is 0.130 e. The van der Waals surface area contributed by atoms with Crippen molar-refractivity contribution in [2.75, 3.05) is 6.54 Å². The fourth-order valence-corrected chi connectivity index (χ4v) is 2.90. The Morgan fingerprint density at radius 3 is 2.85 bits per heavy atom. The molecule has 1 aromatic carbocycles. The topological polar surface area (TPSA) is 29.9 Å². The van der Waals surface area contributed by atoms with Crippen LogP contribution in [0.1, 0.15) is 37.7 Å². The Morgan fingerprint density at radius 1 is 1.40 bits per heavy atom. The Morgan fingerprint density at radius 2 is 2.20 bits per heavy atom. The van der Waals surface area contributed by atoms with Gasteiger partial charge < -0.3 is 9.88 Å². The van der Waals surface area contributed by atoms with E-state index in [9.17, 15) is 4.39 Å². The summed E-state index contributed by atoms with van der Waals surface area (Å²) in [6.07, 6.45) is 4.72. The molecule has 1 atom stereocenters. The van der Waals surface area contributed by atoms with Gasteiger partial charge in [0.05, 0.1) is 6.04 Å². The van der Waals surface area contributed by atoms with Gasteiger partial charge in [-0.15, -0.1) is 0 Å². The first kappa shape index (κ1) is 15.2. The largest absolute Gasteiger partial charge is 0.333 e. The highest BCUT2D eigenvalue weighted by Gasteiger charge is 2.23. The van der Waals surface area contributed by atoms with Gasteiger partial charge in [0, 0.05) is 29.0 Å². The van der Waals surface area contributed by atoms with Crippen molar-refractivity contribution in [3.8, 4) is 0 Å². The van der Waals surface area contributed by atoms with Gasteiger partial charge in [-0.25, -0.2) is 9.37 Å². The van der Waals surface area contributed by atoms with Crippen molar-refractivity contribution in [2.24, 2.45) is 0 Å². The number of rotatable bonds is 6. The number of aromatic nitrogens is 2. The molecule has 0 radical (unpaired) electrons. The van der Waals surface area contributed by atoms with Crippen molar-refractivity contribution < 1.29 is 4.39 Å². The van der Waals surface area contributed by atoms with Gasteiger partial charge in [0.1, 0.15) is 11.6 Å². The Hall–Kier alpha value is -1.20. The molecule has 1 aromatic heterocycles. The van der Waals surface area contributed by atoms with Gasteiger partial charge in [0.25, 0.3) is 0 Å². The van der Waals surface area contributed by atoms with Crippen molar-refractivity contribution in [1.29, 1.82) is 0 Å². The van der Waals surface area contributed by atoms with E-state index in [0.29, 0.717) is 5.56 Å². The molecular weight excluding hydrogens is 321 g/mol. The third kappa shape index (κ3) is 3.10. The lowest BCUT2D eigenvalue weighted by molar-refractivity contribution is 0.513. The van der Waals surface area contributed by atoms with Crippen LogP contribution < -0.4 is 5.32 Å². The summed E-state index contributed by atoms with van der Waals surface area (Å²) in [5.41, 5.74) is 0.609. The van der Waals surface area contributed by atoms with Crippen LogP contribution in [0.2, 0.25) is 0 Å². The zero-order valence-electron chi connectivity index (χ0n) is 11.7. The minimum Gasteiger partial charge on any atom is -0.333 e. The van der Waals surface area contributed by atoms with E-state index in [0.717, 1.165) is 29.8 Å². The van der Waals surface area contributed by atoms with Gasteiger partial charge in [-0.2, -0.15) is 0 Å². The van der Waals surface area contributed by atoms with Crippen LogP contribution in [0.15, 0.2) is 35.1 Å². The van der Waals surface area contributed by atoms with E-state index in [-0.39, 0.29) is 11.9 Å². The van der Waals surface area contributed by atoms with E-state index in [1.807, 2.05) is 19.2 Å². The Balaban J connectivity index is 2.48. The lowest BCUT2D eigenvalue weighted by Crippen LogP contribution is -2.26. The molecule has 0 aliphatic heterocycles. The van der Waals surface area contributed by atoms with Gasteiger partial charge in [-0.1, -0.05) is 35.8 Å². The number of hydrogen-bond donors (Lipinski definition) is 1. The predicted octanol–water partition coefficient (Wildman–Crippen LogP) is 3.89. The van der Waals surface area contributed by atoms with Crippen molar-refractivity contribution in [1.82, 2.24) is 14.9 Å². The van der Waals surface area contributed by atoms with Gasteiger partial charge in [0.2, 0.25) is 0 Å². The van der Waals surface area contributed by atoms with Gasteiger partial charge in [0.15, 0.2) is 0 Å². The molecule has 0 aliphatic rings. The molecule has 108 valence electrons. The van der Waals surface area contributed by atoms with Crippen LogP contribution in [0.4, 0.5) is 4.39 Å². The summed E-state index contributed by atoms with van der Waals surface area (Å²) in [5.74, 6) is 0.621. The Kier molecular flexibility index (Phi) is 5.31. The summed E-state index contributed by atoms with van der Waals surface area (Å²) in [5, 5.41) is 3.33. The number of halogens is 2. The molecule has 0 amide bonds. The van der Waals surface area contributed by atoms with Crippen LogP contribution in [0.25, 0.3) is 0 Å². The molecular formula is C15H19BrFN3. The van der Waals surface area contributed by atoms with Crippen LogP contribution in [-0.4, -0.2) is 16.1 Å². The van der Waals surface area contributed by atoms with Crippen LogP contribution in [0.3, 0.4) is 0 Å². The number of nitrogens with zero attached hydrogens (tertiary/aromatic N) is 2. The Bertz CT molecular complexity index is 548. The molecule has 0 aliphatic carbocycles. The average molecular weight is 340 g/mol. The molecule has 0 fully saturated rings. The average Bonchev–Trinajstić information content (AvgIpc) is 2.86. The third-order valence-corrected chi connectivity index (χ3v) is 3.86. The molecule has 0 bridgehead atoms. The van der Waals surface area contributed by atoms with Crippen LogP contribution in [-0.2, 0) is 6.54 Å². The normalized spacial score (nSPS) is 12.6. The SMILES string of the molecule is CCCn1ccnc1C(NCC)c1c(F)cccc1Br. The summed E-state index contributed by atoms with van der Waals surface area (Å²) in [6.45, 7) is 5.74. The van der Waals surface area contributed by atoms with E-state index in [1.165, 1.54) is 6.07 Å². The highest BCUT2D eigenvalue weighted by Crippen LogP contribution is 2.30. The molecule has 1 unspecified atom stereocenters. The van der Waals surface area contributed by atoms with E-state index in [1.54, 1.807) is 12.3 Å². The van der Waals surface area contributed by atoms with Gasteiger partial charge in [-0.3, -0.25) is 0 Å². The molecule has 2 rings (SSSR count). The number of hydrogen-bond acceptors (Lipinski definition) is 2. The third-order valence-electron chi connectivity index (χ3n) is 3.17. The molecule has 0 saturated heterocycles. The summed E-state index contributed by atoms with van der Waals surface area (Å²) >= 11 is 3.45. The minimum absolute atomic E-state index is 0.226. The second-order valence-electron chi connectivity index (χ2n) is 4.60. The predicted molar refractivity (Wildman–Crippen MR) is 82.1 cm³/mol. The highest BCUT2D eigenvalue weighted by atomic mass is 79.9. The zero-order valence-corrected chi connectivity index (χ0v) is 13.3. The fourth-order valence-electron chi connectivity index (χ4n) is 2.32. The maximum absolute atomic E-state index is 14.2. The van der Waals surface area contributed by atoms with Crippen molar-refractivity contribution in [2.45, 2.75) is 32.9 Å². The first-order valence-corrected chi connectivity index (χ1v) is 7.66. The van der Waals surface area contributed by atoms with Crippen molar-refractivity contribution in [3.05, 3.63) is 52.3 Å². The van der Waals surface area contributed by atoms with Crippen LogP contribution in [0.5, 0.6) is 0 Å². The highest BCUT2D eigenvalue weighted by molar-refractivity contribution is 9.10. The summed E-state index contributed by atoms with van der Waals surface area (Å²) in [6, 6.07) is 4.79. The number of imidazole rings is 1. The summed E-state index contributed by atoms with van der Waals surface area (Å²) in [4.78, 5) is 4.43. The van der Waals surface area contributed by atoms with Crippen molar-refractivity contribution >= 4 is 15.9 Å². The number of benzene rings is 1. The molecule has 1 heterocycles. The number of nitrogens with one attached hydrogen (secondary N) is 1. The van der Waals surface area contributed by atoms with Crippen molar-refractivity contribution in [3.63, 3.8) is 0 Å². The quantitative estimate of drug-likeness (QED) is 0.865. The van der Waals surface area contributed by atoms with Crippen LogP contribution >= 0.6 is 15.9 Å². The molecule has 1 N–H and O–H groups in total. The second-order valence-corrected chi connectivity index (χ2v) is 5.46. The lowest BCUT2D eigenvalue weighted by atomic mass is 10.1. The van der Waals surface area contributed by atoms with E-state index >= 15 is 0 Å². The van der Waals surface area contributed by atoms with Crippen LogP contribution in [0, 0.1) is 5.82 Å². The summed E-state index contributed by atoms with van der Waals surface area (Å²) in [7, 11) is 0. The molecule has 20 heavy (non-hydrogen) atoms. The Labute approximate surface area is 127 Å². The lowest BCUT2D eigenvalue weighted by Gasteiger charge is -2.21.